The van der Waals surface area contributed by atoms with Gasteiger partial charge in [0.15, 0.2) is 0 Å². The van der Waals surface area contributed by atoms with E-state index in [0.717, 1.165) is 32.7 Å². The zero-order chi connectivity index (χ0) is 17.0. The molecule has 0 spiro atoms. The van der Waals surface area contributed by atoms with Crippen LogP contribution in [0.5, 0.6) is 0 Å². The highest BCUT2D eigenvalue weighted by Crippen LogP contribution is 2.22. The summed E-state index contributed by atoms with van der Waals surface area (Å²) in [6.45, 7) is 10.6. The lowest BCUT2D eigenvalue weighted by Gasteiger charge is -2.35. The minimum absolute atomic E-state index is 0. The van der Waals surface area contributed by atoms with Crippen molar-refractivity contribution in [2.24, 2.45) is 5.73 Å². The average molecular weight is 395 g/mol. The molecule has 2 rings (SSSR count). The van der Waals surface area contributed by atoms with E-state index in [1.165, 1.54) is 6.07 Å². The van der Waals surface area contributed by atoms with Gasteiger partial charge in [0.05, 0.1) is 5.69 Å². The highest BCUT2D eigenvalue weighted by atomic mass is 35.5. The standard InChI is InChI=1S/C17H27FN4O.2ClH/c1-4-21-7-9-22(10-8-21)15-6-5-13(11-14(15)18)16(23)20-12-17(2,3)19;;/h5-6,11H,4,7-10,12,19H2,1-3H3,(H,20,23);2*1H. The summed E-state index contributed by atoms with van der Waals surface area (Å²) in [5, 5.41) is 2.73. The van der Waals surface area contributed by atoms with Crippen LogP contribution in [-0.2, 0) is 0 Å². The van der Waals surface area contributed by atoms with E-state index in [2.05, 4.69) is 17.1 Å². The summed E-state index contributed by atoms with van der Waals surface area (Å²) in [5.41, 5.74) is 6.23. The summed E-state index contributed by atoms with van der Waals surface area (Å²) in [6, 6.07) is 4.67. The Bertz CT molecular complexity index is 558. The first-order valence-electron chi connectivity index (χ1n) is 8.14. The Labute approximate surface area is 161 Å². The smallest absolute Gasteiger partial charge is 0.251 e. The van der Waals surface area contributed by atoms with Gasteiger partial charge >= 0.3 is 0 Å². The zero-order valence-electron chi connectivity index (χ0n) is 15.0. The molecule has 8 heteroatoms. The Hall–Kier alpha value is -1.08. The van der Waals surface area contributed by atoms with Crippen molar-refractivity contribution in [2.45, 2.75) is 26.3 Å². The Kier molecular flexibility index (Phi) is 9.72. The molecular formula is C17H29Cl2FN4O. The van der Waals surface area contributed by atoms with Gasteiger partial charge in [-0.15, -0.1) is 24.8 Å². The topological polar surface area (TPSA) is 61.6 Å². The number of likely N-dealkylation sites (N-methyl/N-ethyl adjacent to an activating group) is 1. The van der Waals surface area contributed by atoms with Crippen LogP contribution >= 0.6 is 24.8 Å². The lowest BCUT2D eigenvalue weighted by Crippen LogP contribution is -2.46. The van der Waals surface area contributed by atoms with Crippen molar-refractivity contribution in [2.75, 3.05) is 44.2 Å². The fourth-order valence-corrected chi connectivity index (χ4v) is 2.62. The summed E-state index contributed by atoms with van der Waals surface area (Å²) in [4.78, 5) is 16.4. The van der Waals surface area contributed by atoms with E-state index in [0.29, 0.717) is 17.8 Å². The van der Waals surface area contributed by atoms with E-state index in [1.807, 2.05) is 18.7 Å². The molecule has 0 bridgehead atoms. The molecule has 1 aliphatic heterocycles. The second-order valence-electron chi connectivity index (χ2n) is 6.76. The fraction of sp³-hybridized carbons (Fsp3) is 0.588. The Morgan fingerprint density at radius 3 is 2.32 bits per heavy atom. The van der Waals surface area contributed by atoms with Crippen molar-refractivity contribution in [1.29, 1.82) is 0 Å². The average Bonchev–Trinajstić information content (AvgIpc) is 2.52. The van der Waals surface area contributed by atoms with Gasteiger partial charge in [0.1, 0.15) is 5.82 Å². The van der Waals surface area contributed by atoms with Crippen LogP contribution in [0.3, 0.4) is 0 Å². The lowest BCUT2D eigenvalue weighted by atomic mass is 10.1. The summed E-state index contributed by atoms with van der Waals surface area (Å²) >= 11 is 0. The lowest BCUT2D eigenvalue weighted by molar-refractivity contribution is 0.0945. The number of hydrogen-bond donors (Lipinski definition) is 2. The molecule has 0 aromatic heterocycles. The second kappa shape index (κ2) is 10.2. The third-order valence-electron chi connectivity index (χ3n) is 4.07. The molecule has 0 aliphatic carbocycles. The normalized spacial score (nSPS) is 15.2. The van der Waals surface area contributed by atoms with Crippen LogP contribution < -0.4 is 16.0 Å². The molecule has 1 amide bonds. The Balaban J connectivity index is 0.00000288. The highest BCUT2D eigenvalue weighted by Gasteiger charge is 2.20. The molecule has 0 radical (unpaired) electrons. The number of anilines is 1. The predicted molar refractivity (Wildman–Crippen MR) is 106 cm³/mol. The van der Waals surface area contributed by atoms with Crippen molar-refractivity contribution >= 4 is 36.4 Å². The first kappa shape index (κ1) is 23.9. The van der Waals surface area contributed by atoms with Crippen molar-refractivity contribution < 1.29 is 9.18 Å². The number of nitrogens with one attached hydrogen (secondary N) is 1. The first-order valence-corrected chi connectivity index (χ1v) is 8.14. The number of hydrogen-bond acceptors (Lipinski definition) is 4. The van der Waals surface area contributed by atoms with Gasteiger partial charge in [-0.1, -0.05) is 6.92 Å². The molecule has 1 heterocycles. The molecule has 1 aliphatic rings. The summed E-state index contributed by atoms with van der Waals surface area (Å²) in [5.74, 6) is -0.653. The summed E-state index contributed by atoms with van der Waals surface area (Å²) < 4.78 is 14.4. The monoisotopic (exact) mass is 394 g/mol. The van der Waals surface area contributed by atoms with Crippen molar-refractivity contribution in [3.63, 3.8) is 0 Å². The number of benzene rings is 1. The first-order chi connectivity index (χ1) is 10.8. The summed E-state index contributed by atoms with van der Waals surface area (Å²) in [7, 11) is 0. The molecule has 144 valence electrons. The maximum Gasteiger partial charge on any atom is 0.251 e. The van der Waals surface area contributed by atoms with E-state index in [9.17, 15) is 9.18 Å². The third-order valence-corrected chi connectivity index (χ3v) is 4.07. The van der Waals surface area contributed by atoms with Crippen molar-refractivity contribution in [3.8, 4) is 0 Å². The summed E-state index contributed by atoms with van der Waals surface area (Å²) in [6.07, 6.45) is 0. The second-order valence-corrected chi connectivity index (χ2v) is 6.76. The fourth-order valence-electron chi connectivity index (χ4n) is 2.62. The molecule has 1 fully saturated rings. The predicted octanol–water partition coefficient (Wildman–Crippen LogP) is 2.28. The minimum atomic E-state index is -0.493. The number of nitrogens with zero attached hydrogens (tertiary/aromatic N) is 2. The molecule has 5 nitrogen and oxygen atoms in total. The zero-order valence-corrected chi connectivity index (χ0v) is 16.7. The largest absolute Gasteiger partial charge is 0.367 e. The van der Waals surface area contributed by atoms with Crippen LogP contribution in [0.2, 0.25) is 0 Å². The maximum atomic E-state index is 14.4. The van der Waals surface area contributed by atoms with Gasteiger partial charge in [0, 0.05) is 43.8 Å². The van der Waals surface area contributed by atoms with Crippen molar-refractivity contribution in [3.05, 3.63) is 29.6 Å². The van der Waals surface area contributed by atoms with Gasteiger partial charge in [-0.25, -0.2) is 4.39 Å². The number of nitrogens with two attached hydrogens (primary N) is 1. The van der Waals surface area contributed by atoms with Crippen LogP contribution in [0.15, 0.2) is 18.2 Å². The highest BCUT2D eigenvalue weighted by molar-refractivity contribution is 5.94. The van der Waals surface area contributed by atoms with E-state index in [4.69, 9.17) is 5.73 Å². The maximum absolute atomic E-state index is 14.4. The van der Waals surface area contributed by atoms with Crippen LogP contribution in [0.1, 0.15) is 31.1 Å². The van der Waals surface area contributed by atoms with Gasteiger partial charge in [-0.2, -0.15) is 0 Å². The van der Waals surface area contributed by atoms with Crippen LogP contribution in [0.25, 0.3) is 0 Å². The number of carbonyl (C=O) groups is 1. The van der Waals surface area contributed by atoms with Crippen LogP contribution in [0.4, 0.5) is 10.1 Å². The molecule has 1 aromatic carbocycles. The number of halogens is 3. The number of piperazine rings is 1. The molecule has 25 heavy (non-hydrogen) atoms. The molecule has 1 aromatic rings. The Morgan fingerprint density at radius 2 is 1.84 bits per heavy atom. The minimum Gasteiger partial charge on any atom is -0.367 e. The molecule has 3 N–H and O–H groups in total. The molecule has 1 saturated heterocycles. The van der Waals surface area contributed by atoms with E-state index >= 15 is 0 Å². The van der Waals surface area contributed by atoms with E-state index in [-0.39, 0.29) is 36.5 Å². The Morgan fingerprint density at radius 1 is 1.24 bits per heavy atom. The van der Waals surface area contributed by atoms with E-state index in [1.54, 1.807) is 12.1 Å². The number of amides is 1. The van der Waals surface area contributed by atoms with Crippen LogP contribution in [0, 0.1) is 5.82 Å². The van der Waals surface area contributed by atoms with E-state index < -0.39 is 5.54 Å². The third kappa shape index (κ3) is 6.98. The molecular weight excluding hydrogens is 366 g/mol. The number of carbonyl (C=O) groups excluding carboxylic acids is 1. The van der Waals surface area contributed by atoms with Gasteiger partial charge in [-0.3, -0.25) is 4.79 Å². The van der Waals surface area contributed by atoms with Gasteiger partial charge < -0.3 is 20.9 Å². The molecule has 0 unspecified atom stereocenters. The van der Waals surface area contributed by atoms with Gasteiger partial charge in [0.25, 0.3) is 5.91 Å². The molecule has 0 saturated carbocycles. The van der Waals surface area contributed by atoms with Gasteiger partial charge in [-0.05, 0) is 38.6 Å². The number of rotatable bonds is 5. The quantitative estimate of drug-likeness (QED) is 0.803. The van der Waals surface area contributed by atoms with Gasteiger partial charge in [0.2, 0.25) is 0 Å². The SMILES string of the molecule is CCN1CCN(c2ccc(C(=O)NCC(C)(C)N)cc2F)CC1.Cl.Cl. The van der Waals surface area contributed by atoms with Crippen molar-refractivity contribution in [1.82, 2.24) is 10.2 Å². The van der Waals surface area contributed by atoms with Crippen LogP contribution in [-0.4, -0.2) is 55.6 Å². The molecule has 0 atom stereocenters.